The van der Waals surface area contributed by atoms with E-state index in [1.165, 1.54) is 26.4 Å². The van der Waals surface area contributed by atoms with Crippen molar-refractivity contribution in [1.82, 2.24) is 9.97 Å². The molecule has 0 atom stereocenters. The Bertz CT molecular complexity index is 1070. The fourth-order valence-corrected chi connectivity index (χ4v) is 2.95. The zero-order chi connectivity index (χ0) is 20.6. The quantitative estimate of drug-likeness (QED) is 0.685. The number of ether oxygens (including phenoxy) is 4. The molecular weight excluding hydrogens is 391 g/mol. The molecule has 0 spiro atoms. The summed E-state index contributed by atoms with van der Waals surface area (Å²) >= 11 is 0. The third kappa shape index (κ3) is 3.65. The molecule has 0 unspecified atom stereocenters. The average molecular weight is 407 g/mol. The number of methoxy groups -OCH3 is 2. The van der Waals surface area contributed by atoms with Crippen LogP contribution in [0.3, 0.4) is 0 Å². The average Bonchev–Trinajstić information content (AvgIpc) is 3.17. The van der Waals surface area contributed by atoms with E-state index in [4.69, 9.17) is 18.9 Å². The lowest BCUT2D eigenvalue weighted by Crippen LogP contribution is -2.14. The fourth-order valence-electron chi connectivity index (χ4n) is 2.95. The summed E-state index contributed by atoms with van der Waals surface area (Å²) in [6, 6.07) is 8.21. The Hall–Kier alpha value is -3.43. The lowest BCUT2D eigenvalue weighted by molar-refractivity contribution is -0.144. The van der Waals surface area contributed by atoms with Crippen LogP contribution in [0.5, 0.6) is 23.0 Å². The summed E-state index contributed by atoms with van der Waals surface area (Å²) in [6.45, 7) is 0.355. The summed E-state index contributed by atoms with van der Waals surface area (Å²) in [6.07, 6.45) is -4.70. The van der Waals surface area contributed by atoms with E-state index in [2.05, 4.69) is 15.3 Å². The normalized spacial score (nSPS) is 12.9. The topological polar surface area (TPSA) is 74.7 Å². The van der Waals surface area contributed by atoms with E-state index < -0.39 is 12.0 Å². The first-order valence-electron chi connectivity index (χ1n) is 8.52. The molecule has 0 amide bonds. The van der Waals surface area contributed by atoms with Gasteiger partial charge < -0.3 is 24.3 Å². The number of rotatable bonds is 5. The van der Waals surface area contributed by atoms with Crippen molar-refractivity contribution in [2.75, 3.05) is 26.3 Å². The number of hydrogen-bond acceptors (Lipinski definition) is 7. The van der Waals surface area contributed by atoms with Gasteiger partial charge in [0, 0.05) is 18.0 Å². The summed E-state index contributed by atoms with van der Waals surface area (Å²) < 4.78 is 60.9. The molecule has 2 heterocycles. The molecule has 1 aliphatic rings. The van der Waals surface area contributed by atoms with Crippen LogP contribution in [0.2, 0.25) is 0 Å². The van der Waals surface area contributed by atoms with E-state index in [0.29, 0.717) is 22.6 Å². The Morgan fingerprint density at radius 2 is 1.72 bits per heavy atom. The highest BCUT2D eigenvalue weighted by molar-refractivity contribution is 5.91. The first-order valence-corrected chi connectivity index (χ1v) is 8.52. The molecule has 0 bridgehead atoms. The maximum atomic E-state index is 13.3. The predicted octanol–water partition coefficient (Wildman–Crippen LogP) is 4.01. The van der Waals surface area contributed by atoms with Gasteiger partial charge in [0.25, 0.3) is 0 Å². The molecule has 0 fully saturated rings. The summed E-state index contributed by atoms with van der Waals surface area (Å²) in [7, 11) is 2.84. The molecular formula is C19H16F3N3O4. The number of nitrogens with one attached hydrogen (secondary N) is 1. The molecule has 0 aliphatic carbocycles. The molecule has 0 radical (unpaired) electrons. The van der Waals surface area contributed by atoms with Crippen LogP contribution in [0.4, 0.5) is 19.0 Å². The first kappa shape index (κ1) is 18.9. The van der Waals surface area contributed by atoms with Crippen molar-refractivity contribution in [2.24, 2.45) is 0 Å². The zero-order valence-corrected chi connectivity index (χ0v) is 15.5. The van der Waals surface area contributed by atoms with E-state index in [9.17, 15) is 13.2 Å². The van der Waals surface area contributed by atoms with Gasteiger partial charge in [-0.25, -0.2) is 9.97 Å². The molecule has 0 saturated heterocycles. The Morgan fingerprint density at radius 3 is 2.45 bits per heavy atom. The standard InChI is InChI=1S/C19H16F3N3O4/c1-26-14-6-11-12(7-15(14)27-2)24-18(19(20,21)22)25-17(11)23-8-10-3-4-13-16(5-10)29-9-28-13/h3-7H,8-9H2,1-2H3,(H,23,24,25). The molecule has 3 aromatic rings. The van der Waals surface area contributed by atoms with E-state index in [1.54, 1.807) is 18.2 Å². The van der Waals surface area contributed by atoms with Crippen molar-refractivity contribution in [1.29, 1.82) is 0 Å². The maximum absolute atomic E-state index is 13.3. The summed E-state index contributed by atoms with van der Waals surface area (Å²) in [4.78, 5) is 7.34. The highest BCUT2D eigenvalue weighted by Gasteiger charge is 2.35. The van der Waals surface area contributed by atoms with E-state index >= 15 is 0 Å². The van der Waals surface area contributed by atoms with Crippen LogP contribution in [0.1, 0.15) is 11.4 Å². The second-order valence-electron chi connectivity index (χ2n) is 6.16. The first-order chi connectivity index (χ1) is 13.9. The second-order valence-corrected chi connectivity index (χ2v) is 6.16. The number of aromatic nitrogens is 2. The van der Waals surface area contributed by atoms with E-state index in [0.717, 1.165) is 5.56 Å². The highest BCUT2D eigenvalue weighted by atomic mass is 19.4. The van der Waals surface area contributed by atoms with E-state index in [-0.39, 0.29) is 30.4 Å². The summed E-state index contributed by atoms with van der Waals surface area (Å²) in [5.41, 5.74) is 0.869. The van der Waals surface area contributed by atoms with Crippen molar-refractivity contribution in [3.05, 3.63) is 41.7 Å². The Balaban J connectivity index is 1.74. The SMILES string of the molecule is COc1cc2nc(C(F)(F)F)nc(NCc3ccc4c(c3)OCO4)c2cc1OC. The van der Waals surface area contributed by atoms with Gasteiger partial charge in [-0.15, -0.1) is 0 Å². The Labute approximate surface area is 163 Å². The summed E-state index contributed by atoms with van der Waals surface area (Å²) in [5.74, 6) is 0.617. The number of benzene rings is 2. The number of anilines is 1. The lowest BCUT2D eigenvalue weighted by atomic mass is 10.1. The van der Waals surface area contributed by atoms with Crippen LogP contribution in [0, 0.1) is 0 Å². The molecule has 10 heteroatoms. The number of nitrogens with zero attached hydrogens (tertiary/aromatic N) is 2. The number of alkyl halides is 3. The van der Waals surface area contributed by atoms with Gasteiger partial charge in [-0.1, -0.05) is 6.07 Å². The van der Waals surface area contributed by atoms with Crippen molar-refractivity contribution in [3.8, 4) is 23.0 Å². The third-order valence-electron chi connectivity index (χ3n) is 4.35. The van der Waals surface area contributed by atoms with Gasteiger partial charge >= 0.3 is 6.18 Å². The van der Waals surface area contributed by atoms with Crippen LogP contribution < -0.4 is 24.3 Å². The summed E-state index contributed by atoms with van der Waals surface area (Å²) in [5, 5.41) is 3.32. The van der Waals surface area contributed by atoms with Gasteiger partial charge in [0.2, 0.25) is 12.6 Å². The minimum absolute atomic E-state index is 0.0287. The van der Waals surface area contributed by atoms with Crippen molar-refractivity contribution in [3.63, 3.8) is 0 Å². The van der Waals surface area contributed by atoms with Crippen molar-refractivity contribution < 1.29 is 32.1 Å². The number of halogens is 3. The smallest absolute Gasteiger partial charge is 0.451 e. The molecule has 0 saturated carbocycles. The van der Waals surface area contributed by atoms with Crippen LogP contribution in [0.25, 0.3) is 10.9 Å². The molecule has 29 heavy (non-hydrogen) atoms. The van der Waals surface area contributed by atoms with Crippen LogP contribution >= 0.6 is 0 Å². The predicted molar refractivity (Wildman–Crippen MR) is 97.5 cm³/mol. The van der Waals surface area contributed by atoms with Crippen LogP contribution in [-0.4, -0.2) is 31.0 Å². The van der Waals surface area contributed by atoms with Gasteiger partial charge in [-0.3, -0.25) is 0 Å². The third-order valence-corrected chi connectivity index (χ3v) is 4.35. The maximum Gasteiger partial charge on any atom is 0.451 e. The zero-order valence-electron chi connectivity index (χ0n) is 15.5. The van der Waals surface area contributed by atoms with Crippen LogP contribution in [-0.2, 0) is 12.7 Å². The molecule has 7 nitrogen and oxygen atoms in total. The largest absolute Gasteiger partial charge is 0.493 e. The van der Waals surface area contributed by atoms with Gasteiger partial charge in [0.1, 0.15) is 5.82 Å². The van der Waals surface area contributed by atoms with Crippen LogP contribution in [0.15, 0.2) is 30.3 Å². The molecule has 1 aliphatic heterocycles. The molecule has 4 rings (SSSR count). The minimum atomic E-state index is -4.70. The Morgan fingerprint density at radius 1 is 1.00 bits per heavy atom. The molecule has 2 aromatic carbocycles. The highest BCUT2D eigenvalue weighted by Crippen LogP contribution is 2.37. The monoisotopic (exact) mass is 407 g/mol. The van der Waals surface area contributed by atoms with Crippen molar-refractivity contribution in [2.45, 2.75) is 12.7 Å². The second kappa shape index (κ2) is 7.19. The minimum Gasteiger partial charge on any atom is -0.493 e. The number of fused-ring (bicyclic) bond motifs is 2. The Kier molecular flexibility index (Phi) is 4.69. The van der Waals surface area contributed by atoms with E-state index in [1.807, 2.05) is 0 Å². The van der Waals surface area contributed by atoms with Crippen molar-refractivity contribution >= 4 is 16.7 Å². The molecule has 1 N–H and O–H groups in total. The van der Waals surface area contributed by atoms with Gasteiger partial charge in [0.15, 0.2) is 23.0 Å². The van der Waals surface area contributed by atoms with Gasteiger partial charge in [0.05, 0.1) is 19.7 Å². The fraction of sp³-hybridized carbons (Fsp3) is 0.263. The molecule has 152 valence electrons. The van der Waals surface area contributed by atoms with Gasteiger partial charge in [-0.2, -0.15) is 13.2 Å². The molecule has 1 aromatic heterocycles. The number of hydrogen-bond donors (Lipinski definition) is 1. The lowest BCUT2D eigenvalue weighted by Gasteiger charge is -2.15. The van der Waals surface area contributed by atoms with Gasteiger partial charge in [-0.05, 0) is 23.8 Å².